The zero-order chi connectivity index (χ0) is 7.56. The molecule has 0 saturated carbocycles. The predicted octanol–water partition coefficient (Wildman–Crippen LogP) is 2.52. The molecule has 1 amide bonds. The maximum absolute atomic E-state index is 10.4. The molecule has 0 aliphatic heterocycles. The highest BCUT2D eigenvalue weighted by Crippen LogP contribution is 2.21. The summed E-state index contributed by atoms with van der Waals surface area (Å²) in [6, 6.07) is 1.95. The Labute approximate surface area is 68.7 Å². The highest BCUT2D eigenvalue weighted by atomic mass is 32.1. The molecule has 0 bridgehead atoms. The normalized spacial score (nSPS) is 9.40. The van der Waals surface area contributed by atoms with Crippen LogP contribution in [0.3, 0.4) is 0 Å². The SMILES string of the molecule is Cc1ccsc1NC(=O)S. The third-order valence-corrected chi connectivity index (χ3v) is 2.13. The minimum atomic E-state index is -0.314. The van der Waals surface area contributed by atoms with E-state index in [4.69, 9.17) is 0 Å². The fraction of sp³-hybridized carbons (Fsp3) is 0.167. The van der Waals surface area contributed by atoms with E-state index in [-0.39, 0.29) is 5.24 Å². The van der Waals surface area contributed by atoms with Gasteiger partial charge in [-0.1, -0.05) is 12.6 Å². The largest absolute Gasteiger partial charge is 0.308 e. The maximum Gasteiger partial charge on any atom is 0.280 e. The topological polar surface area (TPSA) is 29.1 Å². The van der Waals surface area contributed by atoms with Gasteiger partial charge in [-0.3, -0.25) is 4.79 Å². The Kier molecular flexibility index (Phi) is 2.34. The average Bonchev–Trinajstić information content (AvgIpc) is 2.15. The lowest BCUT2D eigenvalue weighted by molar-refractivity contribution is 0.270. The molecule has 0 fully saturated rings. The highest BCUT2D eigenvalue weighted by Gasteiger charge is 1.99. The zero-order valence-corrected chi connectivity index (χ0v) is 7.13. The molecule has 1 aromatic rings. The third kappa shape index (κ3) is 1.75. The Hall–Kier alpha value is -0.480. The predicted molar refractivity (Wildman–Crippen MR) is 47.1 cm³/mol. The van der Waals surface area contributed by atoms with Crippen LogP contribution in [-0.4, -0.2) is 5.24 Å². The molecule has 1 heterocycles. The van der Waals surface area contributed by atoms with Gasteiger partial charge >= 0.3 is 0 Å². The summed E-state index contributed by atoms with van der Waals surface area (Å²) >= 11 is 5.09. The molecule has 0 aromatic carbocycles. The van der Waals surface area contributed by atoms with Crippen molar-refractivity contribution in [1.29, 1.82) is 0 Å². The lowest BCUT2D eigenvalue weighted by atomic mass is 10.4. The smallest absolute Gasteiger partial charge is 0.280 e. The van der Waals surface area contributed by atoms with Gasteiger partial charge in [-0.15, -0.1) is 11.3 Å². The van der Waals surface area contributed by atoms with Crippen molar-refractivity contribution < 1.29 is 4.79 Å². The van der Waals surface area contributed by atoms with Crippen molar-refractivity contribution >= 4 is 34.2 Å². The minimum Gasteiger partial charge on any atom is -0.308 e. The van der Waals surface area contributed by atoms with Crippen molar-refractivity contribution in [3.63, 3.8) is 0 Å². The average molecular weight is 173 g/mol. The van der Waals surface area contributed by atoms with Crippen molar-refractivity contribution in [3.05, 3.63) is 17.0 Å². The van der Waals surface area contributed by atoms with Gasteiger partial charge in [-0.2, -0.15) is 0 Å². The van der Waals surface area contributed by atoms with Crippen LogP contribution in [0.1, 0.15) is 5.56 Å². The summed E-state index contributed by atoms with van der Waals surface area (Å²) in [6.07, 6.45) is 0. The molecule has 2 nitrogen and oxygen atoms in total. The molecule has 0 atom stereocenters. The second kappa shape index (κ2) is 3.07. The van der Waals surface area contributed by atoms with Crippen LogP contribution in [0.25, 0.3) is 0 Å². The second-order valence-electron chi connectivity index (χ2n) is 1.86. The first-order chi connectivity index (χ1) is 4.70. The molecule has 4 heteroatoms. The lowest BCUT2D eigenvalue weighted by Gasteiger charge is -1.96. The molecule has 0 unspecified atom stereocenters. The Bertz CT molecular complexity index is 244. The van der Waals surface area contributed by atoms with E-state index in [9.17, 15) is 4.79 Å². The Morgan fingerprint density at radius 1 is 1.80 bits per heavy atom. The highest BCUT2D eigenvalue weighted by molar-refractivity contribution is 7.96. The van der Waals surface area contributed by atoms with Crippen LogP contribution in [0, 0.1) is 6.92 Å². The maximum atomic E-state index is 10.4. The summed E-state index contributed by atoms with van der Waals surface area (Å²) in [5.41, 5.74) is 1.08. The number of nitrogens with one attached hydrogen (secondary N) is 1. The molecular weight excluding hydrogens is 166 g/mol. The summed E-state index contributed by atoms with van der Waals surface area (Å²) in [7, 11) is 0. The number of thiol groups is 1. The molecule has 10 heavy (non-hydrogen) atoms. The molecule has 0 aliphatic carbocycles. The van der Waals surface area contributed by atoms with Gasteiger partial charge in [-0.25, -0.2) is 0 Å². The van der Waals surface area contributed by atoms with Crippen LogP contribution in [0.5, 0.6) is 0 Å². The number of carbonyl (C=O) groups is 1. The Morgan fingerprint density at radius 3 is 2.90 bits per heavy atom. The van der Waals surface area contributed by atoms with Gasteiger partial charge in [0.05, 0.1) is 5.00 Å². The Balaban J connectivity index is 2.74. The minimum absolute atomic E-state index is 0.314. The van der Waals surface area contributed by atoms with E-state index < -0.39 is 0 Å². The van der Waals surface area contributed by atoms with Crippen molar-refractivity contribution in [1.82, 2.24) is 0 Å². The van der Waals surface area contributed by atoms with E-state index in [1.165, 1.54) is 11.3 Å². The van der Waals surface area contributed by atoms with Crippen LogP contribution in [-0.2, 0) is 0 Å². The van der Waals surface area contributed by atoms with Crippen molar-refractivity contribution in [2.75, 3.05) is 5.32 Å². The summed E-state index contributed by atoms with van der Waals surface area (Å²) in [4.78, 5) is 10.4. The van der Waals surface area contributed by atoms with E-state index in [0.717, 1.165) is 10.6 Å². The summed E-state index contributed by atoms with van der Waals surface area (Å²) < 4.78 is 0. The fourth-order valence-corrected chi connectivity index (χ4v) is 1.60. The van der Waals surface area contributed by atoms with Gasteiger partial charge in [0.15, 0.2) is 0 Å². The number of aryl methyl sites for hydroxylation is 1. The van der Waals surface area contributed by atoms with E-state index in [2.05, 4.69) is 17.9 Å². The van der Waals surface area contributed by atoms with Gasteiger partial charge < -0.3 is 5.32 Å². The summed E-state index contributed by atoms with van der Waals surface area (Å²) in [5, 5.41) is 5.08. The van der Waals surface area contributed by atoms with Crippen molar-refractivity contribution in [2.45, 2.75) is 6.92 Å². The zero-order valence-electron chi connectivity index (χ0n) is 5.42. The first-order valence-corrected chi connectivity index (χ1v) is 4.07. The quantitative estimate of drug-likeness (QED) is 0.628. The molecule has 1 N–H and O–H groups in total. The third-order valence-electron chi connectivity index (χ3n) is 1.08. The van der Waals surface area contributed by atoms with Gasteiger partial charge in [-0.05, 0) is 23.9 Å². The molecule has 1 aromatic heterocycles. The lowest BCUT2D eigenvalue weighted by Crippen LogP contribution is -1.99. The number of thiophene rings is 1. The van der Waals surface area contributed by atoms with E-state index in [0.29, 0.717) is 0 Å². The standard InChI is InChI=1S/C6H7NOS2/c1-4-2-3-10-5(4)7-6(8)9/h2-3H,1H3,(H2,7,8,9). The molecule has 1 rings (SSSR count). The van der Waals surface area contributed by atoms with E-state index in [1.54, 1.807) is 0 Å². The summed E-state index contributed by atoms with van der Waals surface area (Å²) in [6.45, 7) is 1.94. The number of rotatable bonds is 1. The number of anilines is 1. The van der Waals surface area contributed by atoms with Crippen LogP contribution < -0.4 is 5.32 Å². The van der Waals surface area contributed by atoms with Gasteiger partial charge in [0.1, 0.15) is 0 Å². The Morgan fingerprint density at radius 2 is 2.50 bits per heavy atom. The van der Waals surface area contributed by atoms with Gasteiger partial charge in [0.2, 0.25) is 0 Å². The van der Waals surface area contributed by atoms with Crippen LogP contribution in [0.2, 0.25) is 0 Å². The van der Waals surface area contributed by atoms with E-state index >= 15 is 0 Å². The molecule has 54 valence electrons. The number of carbonyl (C=O) groups excluding carboxylic acids is 1. The number of hydrogen-bond donors (Lipinski definition) is 2. The number of hydrogen-bond acceptors (Lipinski definition) is 2. The molecule has 0 spiro atoms. The monoisotopic (exact) mass is 173 g/mol. The van der Waals surface area contributed by atoms with Crippen molar-refractivity contribution in [3.8, 4) is 0 Å². The van der Waals surface area contributed by atoms with Crippen LogP contribution in [0.15, 0.2) is 11.4 Å². The van der Waals surface area contributed by atoms with Gasteiger partial charge in [0.25, 0.3) is 5.24 Å². The van der Waals surface area contributed by atoms with Crippen LogP contribution >= 0.6 is 24.0 Å². The van der Waals surface area contributed by atoms with E-state index in [1.807, 2.05) is 18.4 Å². The number of amides is 1. The van der Waals surface area contributed by atoms with Crippen molar-refractivity contribution in [2.24, 2.45) is 0 Å². The fourth-order valence-electron chi connectivity index (χ4n) is 0.598. The summed E-state index contributed by atoms with van der Waals surface area (Å²) in [5.74, 6) is 0. The molecule has 0 radical (unpaired) electrons. The molecular formula is C6H7NOS2. The van der Waals surface area contributed by atoms with Gasteiger partial charge in [0, 0.05) is 0 Å². The molecule has 0 saturated heterocycles. The molecule has 0 aliphatic rings. The van der Waals surface area contributed by atoms with Crippen LogP contribution in [0.4, 0.5) is 9.80 Å². The first-order valence-electron chi connectivity index (χ1n) is 2.74. The first kappa shape index (κ1) is 7.63. The second-order valence-corrected chi connectivity index (χ2v) is 3.19.